The third kappa shape index (κ3) is 3.53. The van der Waals surface area contributed by atoms with Crippen LogP contribution in [-0.4, -0.2) is 23.3 Å². The van der Waals surface area contributed by atoms with E-state index in [0.717, 1.165) is 43.5 Å². The van der Waals surface area contributed by atoms with Crippen molar-refractivity contribution >= 4 is 28.9 Å². The molecular weight excluding hydrogens is 346 g/mol. The van der Waals surface area contributed by atoms with E-state index in [4.69, 9.17) is 0 Å². The van der Waals surface area contributed by atoms with E-state index >= 15 is 0 Å². The summed E-state index contributed by atoms with van der Waals surface area (Å²) in [5, 5.41) is 13.7. The number of fused-ring (bicyclic) bond motifs is 1. The smallest absolute Gasteiger partial charge is 0.270 e. The number of amides is 2. The molecule has 1 heterocycles. The van der Waals surface area contributed by atoms with E-state index in [0.29, 0.717) is 5.69 Å². The maximum Gasteiger partial charge on any atom is 0.270 e. The number of nitro groups is 1. The summed E-state index contributed by atoms with van der Waals surface area (Å²) in [5.74, 6) is -0.0334. The van der Waals surface area contributed by atoms with Crippen molar-refractivity contribution in [3.8, 4) is 0 Å². The number of benzene rings is 2. The summed E-state index contributed by atoms with van der Waals surface area (Å²) in [6.07, 6.45) is 3.70. The lowest BCUT2D eigenvalue weighted by molar-refractivity contribution is -0.384. The molecule has 1 N–H and O–H groups in total. The number of nitro benzene ring substituents is 1. The number of hydrogen-bond acceptors (Lipinski definition) is 4. The first-order valence-corrected chi connectivity index (χ1v) is 9.03. The quantitative estimate of drug-likeness (QED) is 0.662. The molecule has 0 bridgehead atoms. The number of carbonyl (C=O) groups is 2. The number of non-ortho nitro benzene ring substituents is 1. The van der Waals surface area contributed by atoms with Crippen molar-refractivity contribution in [2.45, 2.75) is 25.7 Å². The second kappa shape index (κ2) is 6.83. The third-order valence-corrected chi connectivity index (χ3v) is 4.97. The molecule has 0 spiro atoms. The first kappa shape index (κ1) is 17.2. The molecule has 0 aromatic heterocycles. The minimum absolute atomic E-state index is 0.123. The zero-order valence-corrected chi connectivity index (χ0v) is 14.7. The Morgan fingerprint density at radius 3 is 2.70 bits per heavy atom. The van der Waals surface area contributed by atoms with Gasteiger partial charge < -0.3 is 10.2 Å². The highest BCUT2D eigenvalue weighted by Gasteiger charge is 2.35. The maximum atomic E-state index is 12.5. The zero-order valence-electron chi connectivity index (χ0n) is 14.7. The molecule has 1 aliphatic heterocycles. The Morgan fingerprint density at radius 1 is 1.15 bits per heavy atom. The summed E-state index contributed by atoms with van der Waals surface area (Å²) >= 11 is 0. The summed E-state index contributed by atoms with van der Waals surface area (Å²) in [5.41, 5.74) is 2.68. The van der Waals surface area contributed by atoms with Gasteiger partial charge in [0.15, 0.2) is 0 Å². The molecule has 2 amide bonds. The van der Waals surface area contributed by atoms with Gasteiger partial charge >= 0.3 is 0 Å². The van der Waals surface area contributed by atoms with Crippen LogP contribution in [0.15, 0.2) is 42.5 Å². The van der Waals surface area contributed by atoms with Crippen molar-refractivity contribution < 1.29 is 14.5 Å². The molecule has 4 rings (SSSR count). The normalized spacial score (nSPS) is 15.8. The molecule has 0 radical (unpaired) electrons. The predicted molar refractivity (Wildman–Crippen MR) is 101 cm³/mol. The van der Waals surface area contributed by atoms with Gasteiger partial charge in [-0.25, -0.2) is 0 Å². The van der Waals surface area contributed by atoms with Crippen LogP contribution in [0.1, 0.15) is 35.2 Å². The van der Waals surface area contributed by atoms with Gasteiger partial charge in [0, 0.05) is 41.5 Å². The van der Waals surface area contributed by atoms with Crippen LogP contribution in [-0.2, 0) is 11.2 Å². The Bertz CT molecular complexity index is 937. The molecule has 7 heteroatoms. The molecule has 0 saturated heterocycles. The second-order valence-electron chi connectivity index (χ2n) is 6.97. The molecule has 27 heavy (non-hydrogen) atoms. The topological polar surface area (TPSA) is 92.6 Å². The number of anilines is 2. The van der Waals surface area contributed by atoms with Gasteiger partial charge in [-0.2, -0.15) is 0 Å². The van der Waals surface area contributed by atoms with Crippen molar-refractivity contribution in [1.29, 1.82) is 0 Å². The lowest BCUT2D eigenvalue weighted by atomic mass is 10.00. The molecule has 7 nitrogen and oxygen atoms in total. The monoisotopic (exact) mass is 365 g/mol. The van der Waals surface area contributed by atoms with Crippen LogP contribution in [0.4, 0.5) is 17.1 Å². The van der Waals surface area contributed by atoms with Gasteiger partial charge in [-0.15, -0.1) is 0 Å². The van der Waals surface area contributed by atoms with Crippen LogP contribution in [0.25, 0.3) is 0 Å². The fraction of sp³-hybridized carbons (Fsp3) is 0.300. The Morgan fingerprint density at radius 2 is 1.96 bits per heavy atom. The zero-order chi connectivity index (χ0) is 19.0. The van der Waals surface area contributed by atoms with Crippen LogP contribution in [0, 0.1) is 16.0 Å². The second-order valence-corrected chi connectivity index (χ2v) is 6.97. The van der Waals surface area contributed by atoms with Crippen LogP contribution in [0.5, 0.6) is 0 Å². The number of rotatable bonds is 4. The van der Waals surface area contributed by atoms with E-state index in [1.165, 1.54) is 24.3 Å². The van der Waals surface area contributed by atoms with Crippen molar-refractivity contribution in [3.05, 3.63) is 63.7 Å². The fourth-order valence-corrected chi connectivity index (χ4v) is 3.42. The summed E-state index contributed by atoms with van der Waals surface area (Å²) in [6.45, 7) is 0.738. The van der Waals surface area contributed by atoms with Gasteiger partial charge in [0.25, 0.3) is 11.6 Å². The highest BCUT2D eigenvalue weighted by Crippen LogP contribution is 2.36. The van der Waals surface area contributed by atoms with Crippen molar-refractivity contribution in [2.24, 2.45) is 5.92 Å². The number of aryl methyl sites for hydroxylation is 1. The molecular formula is C20H19N3O4. The average molecular weight is 365 g/mol. The Balaban J connectivity index is 1.53. The van der Waals surface area contributed by atoms with E-state index in [1.54, 1.807) is 6.07 Å². The van der Waals surface area contributed by atoms with Crippen molar-refractivity contribution in [1.82, 2.24) is 0 Å². The molecule has 2 aromatic rings. The minimum atomic E-state index is -0.527. The van der Waals surface area contributed by atoms with Gasteiger partial charge in [-0.3, -0.25) is 19.7 Å². The minimum Gasteiger partial charge on any atom is -0.322 e. The number of nitrogens with one attached hydrogen (secondary N) is 1. The number of hydrogen-bond donors (Lipinski definition) is 1. The first-order valence-electron chi connectivity index (χ1n) is 9.03. The molecule has 1 fully saturated rings. The van der Waals surface area contributed by atoms with Crippen LogP contribution < -0.4 is 10.2 Å². The number of carbonyl (C=O) groups excluding carboxylic acids is 2. The van der Waals surface area contributed by atoms with E-state index < -0.39 is 10.8 Å². The van der Waals surface area contributed by atoms with Gasteiger partial charge in [0.05, 0.1) is 4.92 Å². The maximum absolute atomic E-state index is 12.5. The largest absolute Gasteiger partial charge is 0.322 e. The summed E-state index contributed by atoms with van der Waals surface area (Å²) in [4.78, 5) is 37.1. The first-order chi connectivity index (χ1) is 13.0. The molecule has 0 unspecified atom stereocenters. The van der Waals surface area contributed by atoms with Crippen LogP contribution in [0.2, 0.25) is 0 Å². The SMILES string of the molecule is O=C(Nc1ccc2c(c1)CCCN2C(=O)C1CC1)c1cccc([N+](=O)[O-])c1. The highest BCUT2D eigenvalue weighted by molar-refractivity contribution is 6.05. The molecule has 138 valence electrons. The highest BCUT2D eigenvalue weighted by atomic mass is 16.6. The average Bonchev–Trinajstić information content (AvgIpc) is 3.52. The van der Waals surface area contributed by atoms with Gasteiger partial charge in [0.1, 0.15) is 0 Å². The summed E-state index contributed by atoms with van der Waals surface area (Å²) < 4.78 is 0. The van der Waals surface area contributed by atoms with E-state index in [2.05, 4.69) is 5.32 Å². The van der Waals surface area contributed by atoms with E-state index in [1.807, 2.05) is 17.0 Å². The van der Waals surface area contributed by atoms with Gasteiger partial charge in [0.2, 0.25) is 5.91 Å². The number of nitrogens with zero attached hydrogens (tertiary/aromatic N) is 2. The fourth-order valence-electron chi connectivity index (χ4n) is 3.42. The van der Waals surface area contributed by atoms with E-state index in [-0.39, 0.29) is 23.1 Å². The lowest BCUT2D eigenvalue weighted by Crippen LogP contribution is -2.36. The summed E-state index contributed by atoms with van der Waals surface area (Å²) in [7, 11) is 0. The van der Waals surface area contributed by atoms with E-state index in [9.17, 15) is 19.7 Å². The lowest BCUT2D eigenvalue weighted by Gasteiger charge is -2.30. The predicted octanol–water partition coefficient (Wildman–Crippen LogP) is 3.54. The van der Waals surface area contributed by atoms with Gasteiger partial charge in [-0.1, -0.05) is 6.07 Å². The molecule has 1 saturated carbocycles. The molecule has 2 aromatic carbocycles. The third-order valence-electron chi connectivity index (χ3n) is 4.97. The van der Waals surface area contributed by atoms with Crippen LogP contribution in [0.3, 0.4) is 0 Å². The Hall–Kier alpha value is -3.22. The Labute approximate surface area is 156 Å². The van der Waals surface area contributed by atoms with Crippen molar-refractivity contribution in [3.63, 3.8) is 0 Å². The Kier molecular flexibility index (Phi) is 4.35. The van der Waals surface area contributed by atoms with Gasteiger partial charge in [-0.05, 0) is 55.5 Å². The molecule has 0 atom stereocenters. The van der Waals surface area contributed by atoms with Crippen LogP contribution >= 0.6 is 0 Å². The summed E-state index contributed by atoms with van der Waals surface area (Å²) in [6, 6.07) is 11.2. The van der Waals surface area contributed by atoms with Crippen molar-refractivity contribution in [2.75, 3.05) is 16.8 Å². The molecule has 2 aliphatic rings. The molecule has 1 aliphatic carbocycles. The standard InChI is InChI=1S/C20H19N3O4/c24-19(15-3-1-5-17(12-15)23(26)27)21-16-8-9-18-14(11-16)4-2-10-22(18)20(25)13-6-7-13/h1,3,5,8-9,11-13H,2,4,6-7,10H2,(H,21,24).